The number of pyridine rings is 1. The SMILES string of the molecule is CCN(CC)CCN(C(=O)c1cc(-c2cccs2)nc2ccccc12)c1nc2c(F)cc(F)cc2s1. The number of carbonyl (C=O) groups is 1. The Bertz CT molecular complexity index is 1530. The highest BCUT2D eigenvalue weighted by molar-refractivity contribution is 7.22. The molecule has 0 aliphatic carbocycles. The van der Waals surface area contributed by atoms with E-state index < -0.39 is 11.6 Å². The summed E-state index contributed by atoms with van der Waals surface area (Å²) in [5, 5.41) is 3.04. The quantitative estimate of drug-likeness (QED) is 0.224. The van der Waals surface area contributed by atoms with E-state index in [0.717, 1.165) is 40.8 Å². The van der Waals surface area contributed by atoms with Crippen LogP contribution < -0.4 is 4.90 Å². The van der Waals surface area contributed by atoms with E-state index in [0.29, 0.717) is 39.7 Å². The molecule has 5 nitrogen and oxygen atoms in total. The smallest absolute Gasteiger partial charge is 0.260 e. The maximum atomic E-state index is 14.5. The van der Waals surface area contributed by atoms with Gasteiger partial charge in [0.2, 0.25) is 0 Å². The zero-order valence-electron chi connectivity index (χ0n) is 19.9. The topological polar surface area (TPSA) is 49.3 Å². The molecule has 5 aromatic rings. The van der Waals surface area contributed by atoms with Gasteiger partial charge in [-0.3, -0.25) is 9.69 Å². The summed E-state index contributed by atoms with van der Waals surface area (Å²) >= 11 is 2.67. The first kappa shape index (κ1) is 24.4. The number of para-hydroxylation sites is 1. The van der Waals surface area contributed by atoms with Crippen molar-refractivity contribution in [2.24, 2.45) is 0 Å². The summed E-state index contributed by atoms with van der Waals surface area (Å²) in [6.45, 7) is 6.77. The van der Waals surface area contributed by atoms with Crippen LogP contribution in [0, 0.1) is 11.6 Å². The van der Waals surface area contributed by atoms with Crippen molar-refractivity contribution in [3.05, 3.63) is 77.2 Å². The first-order valence-electron chi connectivity index (χ1n) is 11.7. The van der Waals surface area contributed by atoms with E-state index in [-0.39, 0.29) is 11.4 Å². The number of rotatable bonds is 8. The molecule has 0 fully saturated rings. The number of amides is 1. The van der Waals surface area contributed by atoms with E-state index in [1.807, 2.05) is 47.8 Å². The van der Waals surface area contributed by atoms with Crippen molar-refractivity contribution < 1.29 is 13.6 Å². The molecule has 0 saturated carbocycles. The summed E-state index contributed by atoms with van der Waals surface area (Å²) < 4.78 is 28.7. The monoisotopic (exact) mass is 522 g/mol. The second kappa shape index (κ2) is 10.4. The summed E-state index contributed by atoms with van der Waals surface area (Å²) in [6, 6.07) is 15.3. The van der Waals surface area contributed by atoms with Gasteiger partial charge in [-0.1, -0.05) is 49.4 Å². The Hall–Kier alpha value is -3.27. The van der Waals surface area contributed by atoms with Gasteiger partial charge in [-0.25, -0.2) is 18.7 Å². The first-order chi connectivity index (χ1) is 17.5. The van der Waals surface area contributed by atoms with Crippen LogP contribution in [0.25, 0.3) is 31.7 Å². The summed E-state index contributed by atoms with van der Waals surface area (Å²) in [4.78, 5) is 28.1. The van der Waals surface area contributed by atoms with E-state index in [1.54, 1.807) is 16.2 Å². The molecule has 2 aromatic carbocycles. The van der Waals surface area contributed by atoms with Crippen LogP contribution in [0.5, 0.6) is 0 Å². The van der Waals surface area contributed by atoms with Gasteiger partial charge in [0.15, 0.2) is 10.9 Å². The van der Waals surface area contributed by atoms with E-state index in [1.165, 1.54) is 6.07 Å². The number of likely N-dealkylation sites (N-methyl/N-ethyl adjacent to an activating group) is 1. The molecule has 0 saturated heterocycles. The fourth-order valence-corrected chi connectivity index (χ4v) is 5.89. The first-order valence-corrected chi connectivity index (χ1v) is 13.4. The Morgan fingerprint density at radius 2 is 1.78 bits per heavy atom. The standard InChI is InChI=1S/C27H24F2N4OS2/c1-3-32(4-2)11-12-33(27-31-25-20(29)14-17(28)15-24(25)36-27)26(34)19-16-22(23-10-7-13-35-23)30-21-9-6-5-8-18(19)21/h5-10,13-16H,3-4,11-12H2,1-2H3. The molecule has 0 radical (unpaired) electrons. The van der Waals surface area contributed by atoms with Crippen molar-refractivity contribution in [3.63, 3.8) is 0 Å². The van der Waals surface area contributed by atoms with Gasteiger partial charge in [-0.15, -0.1) is 11.3 Å². The van der Waals surface area contributed by atoms with Gasteiger partial charge in [0.1, 0.15) is 11.3 Å². The second-order valence-electron chi connectivity index (χ2n) is 8.26. The lowest BCUT2D eigenvalue weighted by Gasteiger charge is -2.25. The number of thiophene rings is 1. The molecule has 0 N–H and O–H groups in total. The molecule has 0 unspecified atom stereocenters. The summed E-state index contributed by atoms with van der Waals surface area (Å²) in [5.41, 5.74) is 1.99. The molecule has 184 valence electrons. The lowest BCUT2D eigenvalue weighted by molar-refractivity contribution is 0.0985. The lowest BCUT2D eigenvalue weighted by Crippen LogP contribution is -2.39. The molecule has 0 bridgehead atoms. The largest absolute Gasteiger partial charge is 0.302 e. The van der Waals surface area contributed by atoms with Gasteiger partial charge in [0.05, 0.1) is 26.4 Å². The molecule has 3 aromatic heterocycles. The molecule has 1 amide bonds. The maximum Gasteiger partial charge on any atom is 0.260 e. The van der Waals surface area contributed by atoms with Gasteiger partial charge in [-0.05, 0) is 42.7 Å². The number of hydrogen-bond donors (Lipinski definition) is 0. The van der Waals surface area contributed by atoms with Gasteiger partial charge in [-0.2, -0.15) is 0 Å². The Morgan fingerprint density at radius 1 is 0.972 bits per heavy atom. The Labute approximate surface area is 215 Å². The average Bonchev–Trinajstić information content (AvgIpc) is 3.56. The van der Waals surface area contributed by atoms with Crippen LogP contribution in [0.2, 0.25) is 0 Å². The Balaban J connectivity index is 1.64. The van der Waals surface area contributed by atoms with Crippen LogP contribution in [0.15, 0.2) is 60.0 Å². The third-order valence-electron chi connectivity index (χ3n) is 6.13. The number of fused-ring (bicyclic) bond motifs is 2. The van der Waals surface area contributed by atoms with Crippen molar-refractivity contribution in [1.29, 1.82) is 0 Å². The fourth-order valence-electron chi connectivity index (χ4n) is 4.17. The van der Waals surface area contributed by atoms with Crippen LogP contribution in [0.4, 0.5) is 13.9 Å². The number of aromatic nitrogens is 2. The number of carbonyl (C=O) groups excluding carboxylic acids is 1. The minimum absolute atomic E-state index is 0.0656. The molecule has 0 aliphatic heterocycles. The van der Waals surface area contributed by atoms with Crippen molar-refractivity contribution in [2.75, 3.05) is 31.1 Å². The number of anilines is 1. The maximum absolute atomic E-state index is 14.5. The second-order valence-corrected chi connectivity index (χ2v) is 10.2. The van der Waals surface area contributed by atoms with Gasteiger partial charge in [0.25, 0.3) is 5.91 Å². The molecule has 3 heterocycles. The summed E-state index contributed by atoms with van der Waals surface area (Å²) in [5.74, 6) is -1.66. The van der Waals surface area contributed by atoms with Crippen LogP contribution >= 0.6 is 22.7 Å². The molecule has 0 atom stereocenters. The lowest BCUT2D eigenvalue weighted by atomic mass is 10.1. The van der Waals surface area contributed by atoms with Crippen molar-refractivity contribution in [1.82, 2.24) is 14.9 Å². The predicted octanol–water partition coefficient (Wildman–Crippen LogP) is 6.84. The zero-order chi connectivity index (χ0) is 25.2. The number of benzene rings is 2. The molecular weight excluding hydrogens is 498 g/mol. The van der Waals surface area contributed by atoms with Gasteiger partial charge >= 0.3 is 0 Å². The highest BCUT2D eigenvalue weighted by Gasteiger charge is 2.25. The fraction of sp³-hybridized carbons (Fsp3) is 0.222. The summed E-state index contributed by atoms with van der Waals surface area (Å²) in [6.07, 6.45) is 0. The minimum atomic E-state index is -0.738. The average molecular weight is 523 g/mol. The number of halogens is 2. The Morgan fingerprint density at radius 3 is 2.53 bits per heavy atom. The zero-order valence-corrected chi connectivity index (χ0v) is 21.5. The van der Waals surface area contributed by atoms with Crippen LogP contribution in [0.3, 0.4) is 0 Å². The third kappa shape index (κ3) is 4.74. The number of hydrogen-bond acceptors (Lipinski definition) is 6. The number of thiazole rings is 1. The molecule has 0 spiro atoms. The predicted molar refractivity (Wildman–Crippen MR) is 144 cm³/mol. The van der Waals surface area contributed by atoms with Crippen LogP contribution in [0.1, 0.15) is 24.2 Å². The summed E-state index contributed by atoms with van der Waals surface area (Å²) in [7, 11) is 0. The highest BCUT2D eigenvalue weighted by atomic mass is 32.1. The highest BCUT2D eigenvalue weighted by Crippen LogP contribution is 2.34. The normalized spacial score (nSPS) is 11.6. The van der Waals surface area contributed by atoms with Crippen molar-refractivity contribution in [3.8, 4) is 10.6 Å². The van der Waals surface area contributed by atoms with Gasteiger partial charge < -0.3 is 4.90 Å². The molecular formula is C27H24F2N4OS2. The molecule has 0 aliphatic rings. The van der Waals surface area contributed by atoms with Crippen molar-refractivity contribution >= 4 is 54.8 Å². The van der Waals surface area contributed by atoms with Crippen LogP contribution in [-0.2, 0) is 0 Å². The van der Waals surface area contributed by atoms with Crippen LogP contribution in [-0.4, -0.2) is 47.0 Å². The third-order valence-corrected chi connectivity index (χ3v) is 8.05. The van der Waals surface area contributed by atoms with E-state index >= 15 is 0 Å². The van der Waals surface area contributed by atoms with Gasteiger partial charge in [0, 0.05) is 24.5 Å². The van der Waals surface area contributed by atoms with E-state index in [4.69, 9.17) is 4.98 Å². The minimum Gasteiger partial charge on any atom is -0.302 e. The molecule has 5 rings (SSSR count). The van der Waals surface area contributed by atoms with E-state index in [9.17, 15) is 13.6 Å². The molecule has 9 heteroatoms. The Kier molecular flexibility index (Phi) is 7.04. The van der Waals surface area contributed by atoms with Crippen molar-refractivity contribution in [2.45, 2.75) is 13.8 Å². The van der Waals surface area contributed by atoms with E-state index in [2.05, 4.69) is 23.7 Å². The molecule has 36 heavy (non-hydrogen) atoms. The number of nitrogens with zero attached hydrogens (tertiary/aromatic N) is 4.